The van der Waals surface area contributed by atoms with Crippen LogP contribution in [0.5, 0.6) is 5.88 Å². The maximum Gasteiger partial charge on any atom is 0.416 e. The van der Waals surface area contributed by atoms with Crippen LogP contribution >= 0.6 is 0 Å². The van der Waals surface area contributed by atoms with Gasteiger partial charge in [-0.25, -0.2) is 19.2 Å². The van der Waals surface area contributed by atoms with Crippen LogP contribution in [0.2, 0.25) is 0 Å². The number of amides is 1. The molecule has 0 aromatic carbocycles. The van der Waals surface area contributed by atoms with Gasteiger partial charge in [-0.3, -0.25) is 4.90 Å². The second-order valence-corrected chi connectivity index (χ2v) is 10.3. The molecule has 0 atom stereocenters. The SMILES string of the molecule is O=C1OC2(CCN(c3ccc(OC4CCN(C5CCC5)CC4)nc3)CC2)CN1c1ccc(F)cn1. The van der Waals surface area contributed by atoms with E-state index in [0.717, 1.165) is 56.9 Å². The van der Waals surface area contributed by atoms with Crippen molar-refractivity contribution in [2.24, 2.45) is 0 Å². The number of nitrogens with zero attached hydrogens (tertiary/aromatic N) is 5. The van der Waals surface area contributed by atoms with Gasteiger partial charge >= 0.3 is 6.09 Å². The number of anilines is 2. The third-order valence-electron chi connectivity index (χ3n) is 8.07. The van der Waals surface area contributed by atoms with Crippen molar-refractivity contribution in [3.63, 3.8) is 0 Å². The molecule has 6 rings (SSSR count). The van der Waals surface area contributed by atoms with Gasteiger partial charge in [0.2, 0.25) is 5.88 Å². The zero-order valence-electron chi connectivity index (χ0n) is 19.9. The van der Waals surface area contributed by atoms with Gasteiger partial charge in [0.1, 0.15) is 23.3 Å². The molecule has 1 saturated carbocycles. The molecule has 4 fully saturated rings. The Kier molecular flexibility index (Phi) is 5.96. The van der Waals surface area contributed by atoms with Crippen LogP contribution < -0.4 is 14.5 Å². The van der Waals surface area contributed by atoms with Crippen molar-refractivity contribution in [1.29, 1.82) is 0 Å². The van der Waals surface area contributed by atoms with Crippen molar-refractivity contribution < 1.29 is 18.7 Å². The average molecular weight is 482 g/mol. The van der Waals surface area contributed by atoms with E-state index in [9.17, 15) is 9.18 Å². The average Bonchev–Trinajstić information content (AvgIpc) is 3.16. The highest BCUT2D eigenvalue weighted by atomic mass is 19.1. The lowest BCUT2D eigenvalue weighted by Crippen LogP contribution is -2.47. The van der Waals surface area contributed by atoms with Gasteiger partial charge in [-0.2, -0.15) is 0 Å². The molecule has 3 saturated heterocycles. The van der Waals surface area contributed by atoms with Crippen LogP contribution in [0.1, 0.15) is 44.9 Å². The minimum Gasteiger partial charge on any atom is -0.474 e. The Morgan fingerprint density at radius 3 is 2.40 bits per heavy atom. The lowest BCUT2D eigenvalue weighted by atomic mass is 9.90. The number of hydrogen-bond donors (Lipinski definition) is 0. The third kappa shape index (κ3) is 4.66. The number of ether oxygens (including phenoxy) is 2. The minimum absolute atomic E-state index is 0.245. The van der Waals surface area contributed by atoms with E-state index in [1.165, 1.54) is 36.3 Å². The lowest BCUT2D eigenvalue weighted by Gasteiger charge is -2.41. The molecular weight excluding hydrogens is 449 g/mol. The van der Waals surface area contributed by atoms with Crippen LogP contribution in [-0.4, -0.2) is 71.4 Å². The molecule has 1 amide bonds. The quantitative estimate of drug-likeness (QED) is 0.639. The number of rotatable bonds is 5. The van der Waals surface area contributed by atoms with Gasteiger partial charge in [-0.05, 0) is 43.9 Å². The Labute approximate surface area is 205 Å². The predicted octanol–water partition coefficient (Wildman–Crippen LogP) is 4.01. The van der Waals surface area contributed by atoms with Crippen molar-refractivity contribution in [3.05, 3.63) is 42.5 Å². The molecule has 2 aromatic heterocycles. The standard InChI is InChI=1S/C26H32FN5O3/c27-19-4-6-23(28-16-19)32-18-26(35-25(32)33)10-14-31(15-11-26)21-5-7-24(29-17-21)34-22-8-12-30(13-9-22)20-2-1-3-20/h4-7,16-17,20,22H,1-3,8-15,18H2. The van der Waals surface area contributed by atoms with Gasteiger partial charge in [-0.15, -0.1) is 0 Å². The molecule has 3 aliphatic heterocycles. The van der Waals surface area contributed by atoms with Crippen LogP contribution in [-0.2, 0) is 4.74 Å². The molecule has 0 bridgehead atoms. The van der Waals surface area contributed by atoms with Crippen molar-refractivity contribution in [2.45, 2.75) is 62.7 Å². The third-order valence-corrected chi connectivity index (χ3v) is 8.07. The Hall–Kier alpha value is -2.94. The molecule has 35 heavy (non-hydrogen) atoms. The number of hydrogen-bond acceptors (Lipinski definition) is 7. The summed E-state index contributed by atoms with van der Waals surface area (Å²) in [5.41, 5.74) is 0.516. The molecule has 0 N–H and O–H groups in total. The molecule has 186 valence electrons. The van der Waals surface area contributed by atoms with E-state index in [0.29, 0.717) is 31.1 Å². The molecule has 0 radical (unpaired) electrons. The molecule has 4 aliphatic rings. The largest absolute Gasteiger partial charge is 0.474 e. The first-order valence-electron chi connectivity index (χ1n) is 12.8. The van der Waals surface area contributed by atoms with Crippen LogP contribution in [0.4, 0.5) is 20.7 Å². The van der Waals surface area contributed by atoms with Gasteiger partial charge < -0.3 is 19.3 Å². The topological polar surface area (TPSA) is 71.0 Å². The molecule has 1 aliphatic carbocycles. The van der Waals surface area contributed by atoms with Crippen LogP contribution in [0.3, 0.4) is 0 Å². The summed E-state index contributed by atoms with van der Waals surface area (Å²) < 4.78 is 25.2. The summed E-state index contributed by atoms with van der Waals surface area (Å²) >= 11 is 0. The summed E-state index contributed by atoms with van der Waals surface area (Å²) in [7, 11) is 0. The lowest BCUT2D eigenvalue weighted by molar-refractivity contribution is 0.0366. The summed E-state index contributed by atoms with van der Waals surface area (Å²) in [6.07, 6.45) is 10.5. The summed E-state index contributed by atoms with van der Waals surface area (Å²) in [6.45, 7) is 4.21. The van der Waals surface area contributed by atoms with E-state index in [-0.39, 0.29) is 6.10 Å². The molecule has 9 heteroatoms. The van der Waals surface area contributed by atoms with Crippen LogP contribution in [0.15, 0.2) is 36.7 Å². The summed E-state index contributed by atoms with van der Waals surface area (Å²) in [5, 5.41) is 0. The number of carbonyl (C=O) groups excluding carboxylic acids is 1. The van der Waals surface area contributed by atoms with E-state index in [1.807, 2.05) is 12.3 Å². The number of halogens is 1. The first-order chi connectivity index (χ1) is 17.1. The van der Waals surface area contributed by atoms with Gasteiger partial charge in [0.15, 0.2) is 0 Å². The zero-order valence-corrected chi connectivity index (χ0v) is 19.9. The Morgan fingerprint density at radius 2 is 1.77 bits per heavy atom. The molecule has 0 unspecified atom stereocenters. The van der Waals surface area contributed by atoms with Crippen molar-refractivity contribution in [1.82, 2.24) is 14.9 Å². The molecule has 2 aromatic rings. The molecule has 1 spiro atoms. The summed E-state index contributed by atoms with van der Waals surface area (Å²) in [4.78, 5) is 27.5. The van der Waals surface area contributed by atoms with Gasteiger partial charge in [0, 0.05) is 51.1 Å². The Bertz CT molecular complexity index is 1030. The fourth-order valence-corrected chi connectivity index (χ4v) is 5.67. The van der Waals surface area contributed by atoms with Crippen molar-refractivity contribution >= 4 is 17.6 Å². The normalized spacial score (nSPS) is 23.4. The highest BCUT2D eigenvalue weighted by Gasteiger charge is 2.48. The molecule has 5 heterocycles. The maximum atomic E-state index is 13.2. The number of aromatic nitrogens is 2. The first kappa shape index (κ1) is 22.5. The number of piperidine rings is 2. The van der Waals surface area contributed by atoms with Gasteiger partial charge in [-0.1, -0.05) is 6.42 Å². The second kappa shape index (κ2) is 9.26. The van der Waals surface area contributed by atoms with Crippen LogP contribution in [0, 0.1) is 5.82 Å². The monoisotopic (exact) mass is 481 g/mol. The highest BCUT2D eigenvalue weighted by Crippen LogP contribution is 2.36. The number of likely N-dealkylation sites (tertiary alicyclic amines) is 1. The minimum atomic E-state index is -0.533. The second-order valence-electron chi connectivity index (χ2n) is 10.3. The highest BCUT2D eigenvalue weighted by molar-refractivity contribution is 5.89. The number of pyridine rings is 2. The van der Waals surface area contributed by atoms with E-state index >= 15 is 0 Å². The van der Waals surface area contributed by atoms with E-state index in [2.05, 4.69) is 25.8 Å². The summed E-state index contributed by atoms with van der Waals surface area (Å²) in [6, 6.07) is 7.67. The van der Waals surface area contributed by atoms with Crippen LogP contribution in [0.25, 0.3) is 0 Å². The van der Waals surface area contributed by atoms with Crippen molar-refractivity contribution in [2.75, 3.05) is 42.5 Å². The Morgan fingerprint density at radius 1 is 0.971 bits per heavy atom. The first-order valence-corrected chi connectivity index (χ1v) is 12.8. The smallest absolute Gasteiger partial charge is 0.416 e. The molecular formula is C26H32FN5O3. The zero-order chi connectivity index (χ0) is 23.8. The maximum absolute atomic E-state index is 13.2. The summed E-state index contributed by atoms with van der Waals surface area (Å²) in [5.74, 6) is 0.685. The molecule has 8 nitrogen and oxygen atoms in total. The van der Waals surface area contributed by atoms with E-state index < -0.39 is 17.5 Å². The van der Waals surface area contributed by atoms with Gasteiger partial charge in [0.05, 0.1) is 24.6 Å². The van der Waals surface area contributed by atoms with Crippen molar-refractivity contribution in [3.8, 4) is 5.88 Å². The fourth-order valence-electron chi connectivity index (χ4n) is 5.67. The predicted molar refractivity (Wildman–Crippen MR) is 129 cm³/mol. The number of carbonyl (C=O) groups is 1. The van der Waals surface area contributed by atoms with E-state index in [4.69, 9.17) is 9.47 Å². The van der Waals surface area contributed by atoms with Gasteiger partial charge in [0.25, 0.3) is 0 Å². The van der Waals surface area contributed by atoms with E-state index in [1.54, 1.807) is 0 Å². The fraction of sp³-hybridized carbons (Fsp3) is 0.577. The Balaban J connectivity index is 1.01.